The average molecular weight is 483 g/mol. The molecular weight excluding hydrogens is 478 g/mol. The molecular formula is C17H5Cl2F5N2OS2. The van der Waals surface area contributed by atoms with Gasteiger partial charge in [0, 0.05) is 10.6 Å². The van der Waals surface area contributed by atoms with E-state index in [1.165, 1.54) is 24.4 Å². The molecule has 1 fully saturated rings. The normalized spacial score (nSPS) is 16.0. The Labute approximate surface area is 179 Å². The Balaban J connectivity index is 1.95. The zero-order chi connectivity index (χ0) is 21.5. The molecule has 0 bridgehead atoms. The van der Waals surface area contributed by atoms with Gasteiger partial charge in [-0.15, -0.1) is 0 Å². The van der Waals surface area contributed by atoms with Gasteiger partial charge in [-0.05, 0) is 30.4 Å². The molecule has 1 aliphatic heterocycles. The van der Waals surface area contributed by atoms with Gasteiger partial charge in [0.15, 0.2) is 27.6 Å². The lowest BCUT2D eigenvalue weighted by atomic mass is 10.1. The van der Waals surface area contributed by atoms with Crippen LogP contribution in [0.15, 0.2) is 28.2 Å². The molecule has 0 radical (unpaired) electrons. The lowest BCUT2D eigenvalue weighted by Gasteiger charge is -2.07. The van der Waals surface area contributed by atoms with E-state index in [9.17, 15) is 26.7 Å². The summed E-state index contributed by atoms with van der Waals surface area (Å²) >= 11 is 17.3. The van der Waals surface area contributed by atoms with Crippen molar-refractivity contribution in [3.63, 3.8) is 0 Å². The van der Waals surface area contributed by atoms with Gasteiger partial charge in [-0.2, -0.15) is 10.1 Å². The van der Waals surface area contributed by atoms with Crippen LogP contribution in [0.2, 0.25) is 10.0 Å². The number of halogens is 7. The Bertz CT molecular complexity index is 1090. The van der Waals surface area contributed by atoms with E-state index in [4.69, 9.17) is 35.4 Å². The van der Waals surface area contributed by atoms with E-state index < -0.39 is 40.6 Å². The third-order valence-electron chi connectivity index (χ3n) is 3.57. The Morgan fingerprint density at radius 3 is 2.17 bits per heavy atom. The fourth-order valence-corrected chi connectivity index (χ4v) is 3.78. The van der Waals surface area contributed by atoms with Crippen LogP contribution in [0.1, 0.15) is 11.1 Å². The predicted molar refractivity (Wildman–Crippen MR) is 105 cm³/mol. The van der Waals surface area contributed by atoms with Gasteiger partial charge in [-0.25, -0.2) is 22.0 Å². The number of carbonyl (C=O) groups is 1. The van der Waals surface area contributed by atoms with E-state index in [2.05, 4.69) is 5.10 Å². The number of thiocarbonyl (C=S) groups is 1. The lowest BCUT2D eigenvalue weighted by molar-refractivity contribution is -0.122. The predicted octanol–water partition coefficient (Wildman–Crippen LogP) is 5.92. The first kappa shape index (κ1) is 21.7. The van der Waals surface area contributed by atoms with E-state index in [1.807, 2.05) is 0 Å². The summed E-state index contributed by atoms with van der Waals surface area (Å²) in [6.45, 7) is 0. The average Bonchev–Trinajstić information content (AvgIpc) is 2.94. The molecule has 1 aliphatic rings. The van der Waals surface area contributed by atoms with Crippen molar-refractivity contribution in [1.29, 1.82) is 0 Å². The van der Waals surface area contributed by atoms with Gasteiger partial charge < -0.3 is 0 Å². The molecule has 0 N–H and O–H groups in total. The maximum atomic E-state index is 13.8. The van der Waals surface area contributed by atoms with Crippen molar-refractivity contribution >= 4 is 69.7 Å². The molecule has 1 heterocycles. The highest BCUT2D eigenvalue weighted by Crippen LogP contribution is 2.35. The number of hydrogen-bond acceptors (Lipinski definition) is 4. The summed E-state index contributed by atoms with van der Waals surface area (Å²) in [5, 5.41) is 5.21. The molecule has 12 heteroatoms. The molecule has 2 aromatic carbocycles. The third-order valence-corrected chi connectivity index (χ3v) is 5.41. The molecule has 0 atom stereocenters. The van der Waals surface area contributed by atoms with Crippen LogP contribution in [0.5, 0.6) is 0 Å². The van der Waals surface area contributed by atoms with Crippen LogP contribution in [0.25, 0.3) is 6.08 Å². The van der Waals surface area contributed by atoms with Gasteiger partial charge in [-0.3, -0.25) is 4.79 Å². The smallest absolute Gasteiger partial charge is 0.266 e. The number of amides is 1. The summed E-state index contributed by atoms with van der Waals surface area (Å²) < 4.78 is 67.4. The number of carbonyl (C=O) groups excluding carboxylic acids is 1. The number of hydrazone groups is 1. The van der Waals surface area contributed by atoms with Crippen LogP contribution < -0.4 is 0 Å². The second kappa shape index (κ2) is 8.39. The topological polar surface area (TPSA) is 32.7 Å². The number of rotatable bonds is 3. The van der Waals surface area contributed by atoms with Crippen molar-refractivity contribution in [3.05, 3.63) is 73.4 Å². The van der Waals surface area contributed by atoms with Gasteiger partial charge in [0.25, 0.3) is 5.91 Å². The lowest BCUT2D eigenvalue weighted by Crippen LogP contribution is -2.22. The maximum absolute atomic E-state index is 13.8. The Morgan fingerprint density at radius 1 is 1.00 bits per heavy atom. The molecule has 0 aliphatic carbocycles. The van der Waals surface area contributed by atoms with E-state index in [0.717, 1.165) is 5.01 Å². The van der Waals surface area contributed by atoms with Crippen molar-refractivity contribution in [3.8, 4) is 0 Å². The summed E-state index contributed by atoms with van der Waals surface area (Å²) in [5.74, 6) is -11.6. The van der Waals surface area contributed by atoms with Gasteiger partial charge in [0.05, 0.1) is 21.7 Å². The number of benzene rings is 2. The van der Waals surface area contributed by atoms with E-state index in [-0.39, 0.29) is 14.2 Å². The van der Waals surface area contributed by atoms with Crippen LogP contribution >= 0.6 is 47.2 Å². The van der Waals surface area contributed by atoms with Crippen molar-refractivity contribution in [2.24, 2.45) is 5.10 Å². The van der Waals surface area contributed by atoms with Crippen molar-refractivity contribution in [2.45, 2.75) is 0 Å². The third kappa shape index (κ3) is 4.16. The molecule has 150 valence electrons. The molecule has 1 saturated heterocycles. The highest BCUT2D eigenvalue weighted by molar-refractivity contribution is 8.26. The molecule has 0 saturated carbocycles. The van der Waals surface area contributed by atoms with E-state index in [0.29, 0.717) is 28.4 Å². The molecule has 3 nitrogen and oxygen atoms in total. The van der Waals surface area contributed by atoms with Crippen LogP contribution in [0.4, 0.5) is 22.0 Å². The van der Waals surface area contributed by atoms with Gasteiger partial charge in [-0.1, -0.05) is 41.0 Å². The Morgan fingerprint density at radius 2 is 1.59 bits per heavy atom. The maximum Gasteiger partial charge on any atom is 0.286 e. The highest BCUT2D eigenvalue weighted by atomic mass is 35.5. The summed E-state index contributed by atoms with van der Waals surface area (Å²) in [7, 11) is 0. The summed E-state index contributed by atoms with van der Waals surface area (Å²) in [5.41, 5.74) is -0.861. The molecule has 1 amide bonds. The fraction of sp³-hybridized carbons (Fsp3) is 0. The van der Waals surface area contributed by atoms with Crippen LogP contribution in [-0.4, -0.2) is 21.5 Å². The fourth-order valence-electron chi connectivity index (χ4n) is 2.16. The van der Waals surface area contributed by atoms with Crippen LogP contribution in [-0.2, 0) is 4.79 Å². The SMILES string of the molecule is O=C1/C(=C/c2c(F)c(F)c(F)c(F)c2F)SC(=S)N1/N=C\c1ccc(Cl)cc1Cl. The standard InChI is InChI=1S/C17H5Cl2F5N2OS2/c18-7-2-1-6(9(19)3-7)5-25-26-16(27)10(29-17(26)28)4-8-11(20)13(22)15(24)14(23)12(8)21/h1-5H/b10-4-,25-5-. The van der Waals surface area contributed by atoms with Gasteiger partial charge in [0.2, 0.25) is 5.82 Å². The zero-order valence-electron chi connectivity index (χ0n) is 13.7. The number of thioether (sulfide) groups is 1. The van der Waals surface area contributed by atoms with E-state index >= 15 is 0 Å². The highest BCUT2D eigenvalue weighted by Gasteiger charge is 2.34. The van der Waals surface area contributed by atoms with Gasteiger partial charge >= 0.3 is 0 Å². The van der Waals surface area contributed by atoms with Crippen molar-refractivity contribution < 1.29 is 26.7 Å². The zero-order valence-corrected chi connectivity index (χ0v) is 16.8. The minimum Gasteiger partial charge on any atom is -0.266 e. The van der Waals surface area contributed by atoms with E-state index in [1.54, 1.807) is 0 Å². The Kier molecular flexibility index (Phi) is 6.27. The molecule has 0 aromatic heterocycles. The molecule has 29 heavy (non-hydrogen) atoms. The van der Waals surface area contributed by atoms with Crippen LogP contribution in [0, 0.1) is 29.1 Å². The van der Waals surface area contributed by atoms with Crippen molar-refractivity contribution in [1.82, 2.24) is 5.01 Å². The Hall–Kier alpha value is -2.01. The number of nitrogens with zero attached hydrogens (tertiary/aromatic N) is 2. The van der Waals surface area contributed by atoms with Gasteiger partial charge in [0.1, 0.15) is 0 Å². The summed E-state index contributed by atoms with van der Waals surface area (Å²) in [4.78, 5) is 12.0. The minimum absolute atomic E-state index is 0.119. The summed E-state index contributed by atoms with van der Waals surface area (Å²) in [6.07, 6.45) is 1.73. The molecule has 0 unspecified atom stereocenters. The molecule has 0 spiro atoms. The largest absolute Gasteiger partial charge is 0.286 e. The number of hydrogen-bond donors (Lipinski definition) is 0. The van der Waals surface area contributed by atoms with Crippen molar-refractivity contribution in [2.75, 3.05) is 0 Å². The second-order valence-corrected chi connectivity index (χ2v) is 7.91. The molecule has 3 rings (SSSR count). The first-order valence-electron chi connectivity index (χ1n) is 7.40. The second-order valence-electron chi connectivity index (χ2n) is 5.39. The monoisotopic (exact) mass is 482 g/mol. The molecule has 2 aromatic rings. The first-order chi connectivity index (χ1) is 13.6. The quantitative estimate of drug-likeness (QED) is 0.136. The first-order valence-corrected chi connectivity index (χ1v) is 9.38. The minimum atomic E-state index is -2.30. The van der Waals surface area contributed by atoms with Crippen LogP contribution in [0.3, 0.4) is 0 Å². The summed E-state index contributed by atoms with van der Waals surface area (Å²) in [6, 6.07) is 4.50.